The number of amides is 1. The van der Waals surface area contributed by atoms with Gasteiger partial charge in [-0.3, -0.25) is 9.78 Å². The Bertz CT molecular complexity index is 963. The number of nitrogens with zero attached hydrogens (tertiary/aromatic N) is 3. The van der Waals surface area contributed by atoms with E-state index in [1.54, 1.807) is 42.7 Å². The predicted octanol–water partition coefficient (Wildman–Crippen LogP) is 3.00. The quantitative estimate of drug-likeness (QED) is 0.697. The van der Waals surface area contributed by atoms with Crippen LogP contribution in [0, 0.1) is 0 Å². The third-order valence-electron chi connectivity index (χ3n) is 4.63. The SMILES string of the molecule is CN(C[C@H]1COc2ccccc2O1)C(=O)c1ccc(NCc2ccncc2)nc1. The van der Waals surface area contributed by atoms with E-state index in [4.69, 9.17) is 9.47 Å². The van der Waals surface area contributed by atoms with Gasteiger partial charge < -0.3 is 19.7 Å². The largest absolute Gasteiger partial charge is 0.486 e. The summed E-state index contributed by atoms with van der Waals surface area (Å²) >= 11 is 0. The van der Waals surface area contributed by atoms with Crippen molar-refractivity contribution in [2.45, 2.75) is 12.6 Å². The van der Waals surface area contributed by atoms with Crippen molar-refractivity contribution in [3.63, 3.8) is 0 Å². The maximum atomic E-state index is 12.7. The summed E-state index contributed by atoms with van der Waals surface area (Å²) in [5.74, 6) is 2.04. The van der Waals surface area contributed by atoms with Crippen LogP contribution in [0.2, 0.25) is 0 Å². The summed E-state index contributed by atoms with van der Waals surface area (Å²) < 4.78 is 11.6. The van der Waals surface area contributed by atoms with Gasteiger partial charge in [-0.05, 0) is 42.0 Å². The van der Waals surface area contributed by atoms with Crippen LogP contribution in [-0.4, -0.2) is 47.1 Å². The molecule has 1 atom stereocenters. The molecule has 0 saturated heterocycles. The molecule has 1 aliphatic heterocycles. The fraction of sp³-hybridized carbons (Fsp3) is 0.227. The number of likely N-dealkylation sites (N-methyl/N-ethyl adjacent to an activating group) is 1. The van der Waals surface area contributed by atoms with Crippen molar-refractivity contribution in [1.29, 1.82) is 0 Å². The zero-order valence-electron chi connectivity index (χ0n) is 16.1. The number of carbonyl (C=O) groups is 1. The molecule has 7 nitrogen and oxygen atoms in total. The number of anilines is 1. The number of hydrogen-bond acceptors (Lipinski definition) is 6. The van der Waals surface area contributed by atoms with Crippen molar-refractivity contribution in [2.24, 2.45) is 0 Å². The Labute approximate surface area is 169 Å². The summed E-state index contributed by atoms with van der Waals surface area (Å²) in [7, 11) is 1.75. The van der Waals surface area contributed by atoms with E-state index in [0.29, 0.717) is 36.8 Å². The van der Waals surface area contributed by atoms with Gasteiger partial charge in [0.05, 0.1) is 12.1 Å². The Kier molecular flexibility index (Phi) is 5.56. The van der Waals surface area contributed by atoms with Gasteiger partial charge in [-0.25, -0.2) is 4.98 Å². The van der Waals surface area contributed by atoms with Crippen LogP contribution in [0.3, 0.4) is 0 Å². The molecule has 0 aliphatic carbocycles. The monoisotopic (exact) mass is 390 g/mol. The van der Waals surface area contributed by atoms with Crippen LogP contribution in [-0.2, 0) is 6.54 Å². The number of nitrogens with one attached hydrogen (secondary N) is 1. The molecule has 0 saturated carbocycles. The number of rotatable bonds is 6. The third-order valence-corrected chi connectivity index (χ3v) is 4.63. The van der Waals surface area contributed by atoms with Crippen LogP contribution in [0.1, 0.15) is 15.9 Å². The first-order chi connectivity index (χ1) is 14.2. The molecule has 3 aromatic rings. The molecular formula is C22H22N4O3. The average molecular weight is 390 g/mol. The van der Waals surface area contributed by atoms with Gasteiger partial charge in [-0.15, -0.1) is 0 Å². The van der Waals surface area contributed by atoms with E-state index in [2.05, 4.69) is 15.3 Å². The van der Waals surface area contributed by atoms with Gasteiger partial charge in [-0.2, -0.15) is 0 Å². The first kappa shape index (κ1) is 18.7. The summed E-state index contributed by atoms with van der Waals surface area (Å²) in [5, 5.41) is 3.23. The van der Waals surface area contributed by atoms with E-state index in [1.165, 1.54) is 0 Å². The van der Waals surface area contributed by atoms with Gasteiger partial charge in [0.1, 0.15) is 12.4 Å². The first-order valence-electron chi connectivity index (χ1n) is 9.42. The number of fused-ring (bicyclic) bond motifs is 1. The highest BCUT2D eigenvalue weighted by Crippen LogP contribution is 2.31. The Morgan fingerprint density at radius 3 is 2.69 bits per heavy atom. The average Bonchev–Trinajstić information content (AvgIpc) is 2.78. The molecule has 0 fully saturated rings. The van der Waals surface area contributed by atoms with E-state index in [1.807, 2.05) is 36.4 Å². The van der Waals surface area contributed by atoms with Crippen LogP contribution >= 0.6 is 0 Å². The second-order valence-corrected chi connectivity index (χ2v) is 6.82. The van der Waals surface area contributed by atoms with Crippen molar-refractivity contribution in [2.75, 3.05) is 25.5 Å². The standard InChI is InChI=1S/C22H22N4O3/c1-26(14-18-15-28-19-4-2-3-5-20(19)29-18)22(27)17-6-7-21(25-13-17)24-12-16-8-10-23-11-9-16/h2-11,13,18H,12,14-15H2,1H3,(H,24,25)/t18-/m0/s1. The summed E-state index contributed by atoms with van der Waals surface area (Å²) in [6.45, 7) is 1.48. The zero-order valence-corrected chi connectivity index (χ0v) is 16.1. The smallest absolute Gasteiger partial charge is 0.255 e. The molecule has 1 aromatic carbocycles. The molecule has 0 radical (unpaired) electrons. The molecule has 0 bridgehead atoms. The molecular weight excluding hydrogens is 368 g/mol. The van der Waals surface area contributed by atoms with Gasteiger partial charge >= 0.3 is 0 Å². The maximum Gasteiger partial charge on any atom is 0.255 e. The molecule has 2 aromatic heterocycles. The summed E-state index contributed by atoms with van der Waals surface area (Å²) in [6.07, 6.45) is 4.87. The molecule has 1 amide bonds. The molecule has 1 aliphatic rings. The molecule has 148 valence electrons. The third kappa shape index (κ3) is 4.63. The van der Waals surface area contributed by atoms with Crippen molar-refractivity contribution >= 4 is 11.7 Å². The van der Waals surface area contributed by atoms with Gasteiger partial charge in [0.25, 0.3) is 5.91 Å². The van der Waals surface area contributed by atoms with Crippen LogP contribution in [0.15, 0.2) is 67.1 Å². The minimum absolute atomic E-state index is 0.111. The number of pyridine rings is 2. The van der Waals surface area contributed by atoms with Gasteiger partial charge in [-0.1, -0.05) is 12.1 Å². The Hall–Kier alpha value is -3.61. The van der Waals surface area contributed by atoms with Crippen molar-refractivity contribution < 1.29 is 14.3 Å². The highest BCUT2D eigenvalue weighted by Gasteiger charge is 2.24. The van der Waals surface area contributed by atoms with E-state index < -0.39 is 0 Å². The van der Waals surface area contributed by atoms with Crippen LogP contribution in [0.5, 0.6) is 11.5 Å². The predicted molar refractivity (Wildman–Crippen MR) is 109 cm³/mol. The van der Waals surface area contributed by atoms with Gasteiger partial charge in [0, 0.05) is 32.2 Å². The van der Waals surface area contributed by atoms with E-state index in [-0.39, 0.29) is 12.0 Å². The zero-order chi connectivity index (χ0) is 20.1. The second-order valence-electron chi connectivity index (χ2n) is 6.82. The van der Waals surface area contributed by atoms with Crippen LogP contribution < -0.4 is 14.8 Å². The number of aromatic nitrogens is 2. The Balaban J connectivity index is 1.32. The highest BCUT2D eigenvalue weighted by molar-refractivity contribution is 5.93. The van der Waals surface area contributed by atoms with E-state index in [9.17, 15) is 4.79 Å². The lowest BCUT2D eigenvalue weighted by Gasteiger charge is -2.29. The van der Waals surface area contributed by atoms with Crippen molar-refractivity contribution in [1.82, 2.24) is 14.9 Å². The lowest BCUT2D eigenvalue weighted by Crippen LogP contribution is -2.41. The summed E-state index contributed by atoms with van der Waals surface area (Å²) in [4.78, 5) is 22.7. The number of para-hydroxylation sites is 2. The van der Waals surface area contributed by atoms with Crippen molar-refractivity contribution in [3.8, 4) is 11.5 Å². The molecule has 29 heavy (non-hydrogen) atoms. The minimum Gasteiger partial charge on any atom is -0.486 e. The van der Waals surface area contributed by atoms with E-state index in [0.717, 1.165) is 11.3 Å². The molecule has 4 rings (SSSR count). The van der Waals surface area contributed by atoms with Gasteiger partial charge in [0.2, 0.25) is 0 Å². The molecule has 3 heterocycles. The maximum absolute atomic E-state index is 12.7. The summed E-state index contributed by atoms with van der Waals surface area (Å²) in [5.41, 5.74) is 1.64. The fourth-order valence-electron chi connectivity index (χ4n) is 3.08. The normalized spacial score (nSPS) is 14.9. The molecule has 1 N–H and O–H groups in total. The number of hydrogen-bond donors (Lipinski definition) is 1. The van der Waals surface area contributed by atoms with Gasteiger partial charge in [0.15, 0.2) is 17.6 Å². The molecule has 0 unspecified atom stereocenters. The molecule has 7 heteroatoms. The second kappa shape index (κ2) is 8.60. The minimum atomic E-state index is -0.215. The highest BCUT2D eigenvalue weighted by atomic mass is 16.6. The number of ether oxygens (including phenoxy) is 2. The van der Waals surface area contributed by atoms with Crippen LogP contribution in [0.4, 0.5) is 5.82 Å². The fourth-order valence-corrected chi connectivity index (χ4v) is 3.08. The lowest BCUT2D eigenvalue weighted by molar-refractivity contribution is 0.0520. The lowest BCUT2D eigenvalue weighted by atomic mass is 10.2. The number of benzene rings is 1. The summed E-state index contributed by atoms with van der Waals surface area (Å²) in [6, 6.07) is 15.0. The Morgan fingerprint density at radius 2 is 1.93 bits per heavy atom. The molecule has 0 spiro atoms. The Morgan fingerprint density at radius 1 is 1.14 bits per heavy atom. The van der Waals surface area contributed by atoms with E-state index >= 15 is 0 Å². The first-order valence-corrected chi connectivity index (χ1v) is 9.42. The number of carbonyl (C=O) groups excluding carboxylic acids is 1. The van der Waals surface area contributed by atoms with Crippen LogP contribution in [0.25, 0.3) is 0 Å². The van der Waals surface area contributed by atoms with Crippen molar-refractivity contribution in [3.05, 3.63) is 78.2 Å². The topological polar surface area (TPSA) is 76.6 Å².